The van der Waals surface area contributed by atoms with Crippen molar-refractivity contribution in [3.63, 3.8) is 0 Å². The number of likely N-dealkylation sites (N-methyl/N-ethyl adjacent to an activating group) is 1. The Hall–Kier alpha value is -3.33. The summed E-state index contributed by atoms with van der Waals surface area (Å²) >= 11 is 0. The molecule has 0 aliphatic carbocycles. The summed E-state index contributed by atoms with van der Waals surface area (Å²) in [5.74, 6) is -1.49. The molecule has 3 atom stereocenters. The smallest absolute Gasteiger partial charge is 0.247 e. The van der Waals surface area contributed by atoms with Crippen LogP contribution in [0.15, 0.2) is 48.5 Å². The highest BCUT2D eigenvalue weighted by molar-refractivity contribution is 5.90. The van der Waals surface area contributed by atoms with Crippen molar-refractivity contribution in [2.75, 3.05) is 33.3 Å². The van der Waals surface area contributed by atoms with Crippen LogP contribution in [0.5, 0.6) is 0 Å². The van der Waals surface area contributed by atoms with Gasteiger partial charge >= 0.3 is 0 Å². The van der Waals surface area contributed by atoms with Gasteiger partial charge in [0.05, 0.1) is 18.6 Å². The van der Waals surface area contributed by atoms with E-state index in [1.807, 2.05) is 0 Å². The number of halogens is 2. The highest BCUT2D eigenvalue weighted by Crippen LogP contribution is 2.49. The number of amides is 3. The Bertz CT molecular complexity index is 1130. The summed E-state index contributed by atoms with van der Waals surface area (Å²) in [5, 5.41) is 2.76. The van der Waals surface area contributed by atoms with E-state index in [-0.39, 0.29) is 61.5 Å². The van der Waals surface area contributed by atoms with Crippen molar-refractivity contribution in [2.24, 2.45) is 5.41 Å². The van der Waals surface area contributed by atoms with Crippen LogP contribution in [-0.4, -0.2) is 66.9 Å². The molecule has 2 aromatic rings. The van der Waals surface area contributed by atoms with Crippen LogP contribution >= 0.6 is 0 Å². The lowest BCUT2D eigenvalue weighted by molar-refractivity contribution is -0.146. The number of carbonyl (C=O) groups is 3. The van der Waals surface area contributed by atoms with Gasteiger partial charge < -0.3 is 19.9 Å². The molecule has 1 N–H and O–H groups in total. The Morgan fingerprint density at radius 3 is 2.41 bits per heavy atom. The van der Waals surface area contributed by atoms with Gasteiger partial charge in [-0.1, -0.05) is 31.2 Å². The maximum atomic E-state index is 13.7. The molecule has 198 valence electrons. The van der Waals surface area contributed by atoms with E-state index in [9.17, 15) is 23.2 Å². The van der Waals surface area contributed by atoms with Crippen molar-refractivity contribution in [2.45, 2.75) is 44.8 Å². The minimum Gasteiger partial charge on any atom is -0.374 e. The molecular formula is C28H33F2N3O4. The number of hydrogen-bond donors (Lipinski definition) is 1. The molecule has 0 aromatic heterocycles. The minimum absolute atomic E-state index is 0.0268. The summed E-state index contributed by atoms with van der Waals surface area (Å²) in [6.45, 7) is 2.97. The molecule has 0 radical (unpaired) electrons. The molecule has 2 fully saturated rings. The van der Waals surface area contributed by atoms with Crippen LogP contribution in [0.2, 0.25) is 0 Å². The fourth-order valence-electron chi connectivity index (χ4n) is 5.48. The third kappa shape index (κ3) is 5.82. The normalized spacial score (nSPS) is 22.4. The average Bonchev–Trinajstić information content (AvgIpc) is 3.13. The van der Waals surface area contributed by atoms with Gasteiger partial charge in [-0.05, 0) is 48.2 Å². The quantitative estimate of drug-likeness (QED) is 0.588. The molecule has 2 saturated heterocycles. The molecule has 9 heteroatoms. The average molecular weight is 514 g/mol. The summed E-state index contributed by atoms with van der Waals surface area (Å²) in [5.41, 5.74) is 0.800. The molecule has 2 aromatic carbocycles. The Morgan fingerprint density at radius 1 is 1.11 bits per heavy atom. The van der Waals surface area contributed by atoms with E-state index in [1.165, 1.54) is 24.3 Å². The summed E-state index contributed by atoms with van der Waals surface area (Å²) in [4.78, 5) is 42.7. The topological polar surface area (TPSA) is 79.0 Å². The second kappa shape index (κ2) is 11.4. The monoisotopic (exact) mass is 513 g/mol. The van der Waals surface area contributed by atoms with Gasteiger partial charge in [-0.3, -0.25) is 14.4 Å². The van der Waals surface area contributed by atoms with E-state index in [4.69, 9.17) is 4.74 Å². The van der Waals surface area contributed by atoms with E-state index < -0.39 is 11.5 Å². The van der Waals surface area contributed by atoms with Crippen LogP contribution in [0.25, 0.3) is 0 Å². The molecule has 0 bridgehead atoms. The molecule has 0 saturated carbocycles. The third-order valence-electron chi connectivity index (χ3n) is 7.42. The molecule has 4 rings (SSSR count). The lowest BCUT2D eigenvalue weighted by atomic mass is 9.69. The molecule has 2 aliphatic rings. The molecular weight excluding hydrogens is 480 g/mol. The fraction of sp³-hybridized carbons (Fsp3) is 0.464. The number of nitrogens with one attached hydrogen (secondary N) is 1. The van der Waals surface area contributed by atoms with E-state index in [2.05, 4.69) is 5.32 Å². The van der Waals surface area contributed by atoms with Crippen LogP contribution in [0.3, 0.4) is 0 Å². The highest BCUT2D eigenvalue weighted by atomic mass is 19.1. The first kappa shape index (κ1) is 26.7. The van der Waals surface area contributed by atoms with Crippen molar-refractivity contribution >= 4 is 17.7 Å². The first-order chi connectivity index (χ1) is 17.7. The summed E-state index contributed by atoms with van der Waals surface area (Å²) < 4.78 is 32.5. The number of nitrogens with zero attached hydrogens (tertiary/aromatic N) is 2. The number of carbonyl (C=O) groups excluding carboxylic acids is 3. The van der Waals surface area contributed by atoms with Crippen molar-refractivity contribution < 1.29 is 27.9 Å². The molecule has 2 heterocycles. The van der Waals surface area contributed by atoms with Crippen molar-refractivity contribution in [1.82, 2.24) is 15.1 Å². The minimum atomic E-state index is -0.915. The number of likely N-dealkylation sites (tertiary alicyclic amines) is 2. The van der Waals surface area contributed by atoms with Crippen LogP contribution in [-0.2, 0) is 25.7 Å². The van der Waals surface area contributed by atoms with Crippen molar-refractivity contribution in [3.8, 4) is 0 Å². The van der Waals surface area contributed by atoms with Gasteiger partial charge in [0, 0.05) is 39.0 Å². The van der Waals surface area contributed by atoms with Gasteiger partial charge in [-0.2, -0.15) is 0 Å². The number of benzene rings is 2. The number of ether oxygens (including phenoxy) is 1. The number of piperidine rings is 1. The Morgan fingerprint density at radius 2 is 1.76 bits per heavy atom. The zero-order valence-corrected chi connectivity index (χ0v) is 21.2. The van der Waals surface area contributed by atoms with Crippen LogP contribution in [0, 0.1) is 17.0 Å². The van der Waals surface area contributed by atoms with Gasteiger partial charge in [-0.15, -0.1) is 0 Å². The highest BCUT2D eigenvalue weighted by Gasteiger charge is 2.55. The second-order valence-corrected chi connectivity index (χ2v) is 9.92. The summed E-state index contributed by atoms with van der Waals surface area (Å²) in [7, 11) is 1.75. The van der Waals surface area contributed by atoms with E-state index in [0.717, 1.165) is 11.1 Å². The molecule has 1 spiro atoms. The summed E-state index contributed by atoms with van der Waals surface area (Å²) in [6.07, 6.45) is 1.46. The zero-order chi connectivity index (χ0) is 26.6. The third-order valence-corrected chi connectivity index (χ3v) is 7.42. The predicted molar refractivity (Wildman–Crippen MR) is 133 cm³/mol. The number of rotatable bonds is 8. The van der Waals surface area contributed by atoms with Crippen LogP contribution < -0.4 is 5.32 Å². The first-order valence-electron chi connectivity index (χ1n) is 12.6. The van der Waals surface area contributed by atoms with Gasteiger partial charge in [0.15, 0.2) is 0 Å². The Labute approximate surface area is 215 Å². The molecule has 2 aliphatic heterocycles. The molecule has 3 unspecified atom stereocenters. The van der Waals surface area contributed by atoms with Gasteiger partial charge in [-0.25, -0.2) is 8.78 Å². The maximum Gasteiger partial charge on any atom is 0.247 e. The van der Waals surface area contributed by atoms with Gasteiger partial charge in [0.1, 0.15) is 17.7 Å². The van der Waals surface area contributed by atoms with E-state index in [0.29, 0.717) is 25.9 Å². The molecule has 7 nitrogen and oxygen atoms in total. The number of hydrogen-bond acceptors (Lipinski definition) is 4. The van der Waals surface area contributed by atoms with Crippen LogP contribution in [0.1, 0.15) is 43.2 Å². The second-order valence-electron chi connectivity index (χ2n) is 9.92. The lowest BCUT2D eigenvalue weighted by Gasteiger charge is -2.43. The lowest BCUT2D eigenvalue weighted by Crippen LogP contribution is -2.57. The van der Waals surface area contributed by atoms with Crippen LogP contribution in [0.4, 0.5) is 8.78 Å². The SMILES string of the molecule is CCC(=O)NC(COCc1ccc(F)cc1)C(=O)N1CCCC2(C1)C(=O)N(C)CC2c1ccc(F)cc1. The maximum absolute atomic E-state index is 13.7. The summed E-state index contributed by atoms with van der Waals surface area (Å²) in [6, 6.07) is 11.2. The largest absolute Gasteiger partial charge is 0.374 e. The van der Waals surface area contributed by atoms with E-state index in [1.54, 1.807) is 48.0 Å². The molecule has 3 amide bonds. The Kier molecular flexibility index (Phi) is 8.22. The van der Waals surface area contributed by atoms with E-state index >= 15 is 0 Å². The van der Waals surface area contributed by atoms with Gasteiger partial charge in [0.2, 0.25) is 17.7 Å². The first-order valence-corrected chi connectivity index (χ1v) is 12.6. The van der Waals surface area contributed by atoms with Crippen molar-refractivity contribution in [3.05, 3.63) is 71.3 Å². The predicted octanol–water partition coefficient (Wildman–Crippen LogP) is 3.24. The van der Waals surface area contributed by atoms with Gasteiger partial charge in [0.25, 0.3) is 0 Å². The Balaban J connectivity index is 1.51. The molecule has 37 heavy (non-hydrogen) atoms. The van der Waals surface area contributed by atoms with Crippen molar-refractivity contribution in [1.29, 1.82) is 0 Å². The fourth-order valence-corrected chi connectivity index (χ4v) is 5.48. The zero-order valence-electron chi connectivity index (χ0n) is 21.2. The standard InChI is InChI=1S/C28H33F2N3O4/c1-3-25(34)31-24(17-37-16-19-5-9-21(29)10-6-19)26(35)33-14-4-13-28(18-33)23(15-32(2)27(28)36)20-7-11-22(30)12-8-20/h5-12,23-24H,3-4,13-18H2,1-2H3,(H,31,34).